The first-order chi connectivity index (χ1) is 15.6. The Bertz CT molecular complexity index is 1240. The predicted octanol–water partition coefficient (Wildman–Crippen LogP) is 6.42. The number of halogens is 2. The maximum atomic E-state index is 12.1. The number of benzene rings is 3. The molecule has 9 heteroatoms. The second-order valence-electron chi connectivity index (χ2n) is 6.63. The Morgan fingerprint density at radius 3 is 2.84 bits per heavy atom. The van der Waals surface area contributed by atoms with Gasteiger partial charge in [0.25, 0.3) is 5.91 Å². The molecule has 1 N–H and O–H groups in total. The van der Waals surface area contributed by atoms with Gasteiger partial charge in [-0.3, -0.25) is 4.79 Å². The Kier molecular flexibility index (Phi) is 7.65. The molecule has 0 spiro atoms. The van der Waals surface area contributed by atoms with Crippen molar-refractivity contribution in [2.45, 2.75) is 10.9 Å². The number of carbonyl (C=O) groups excluding carboxylic acids is 1. The molecule has 162 valence electrons. The van der Waals surface area contributed by atoms with Crippen LogP contribution in [-0.2, 0) is 11.4 Å². The Morgan fingerprint density at radius 2 is 2.00 bits per heavy atom. The number of carbonyl (C=O) groups is 1. The average Bonchev–Trinajstić information content (AvgIpc) is 3.21. The van der Waals surface area contributed by atoms with Crippen LogP contribution in [0.2, 0.25) is 10.0 Å². The number of rotatable bonds is 8. The maximum Gasteiger partial charge on any atom is 0.250 e. The lowest BCUT2D eigenvalue weighted by molar-refractivity contribution is -0.118. The molecular weight excluding hydrogens is 485 g/mol. The van der Waals surface area contributed by atoms with Gasteiger partial charge in [0, 0.05) is 15.6 Å². The molecule has 0 aliphatic rings. The minimum Gasteiger partial charge on any atom is -0.489 e. The fraction of sp³-hybridized carbons (Fsp3) is 0.0870. The van der Waals surface area contributed by atoms with Gasteiger partial charge in [0.1, 0.15) is 12.4 Å². The van der Waals surface area contributed by atoms with Gasteiger partial charge in [-0.1, -0.05) is 65.3 Å². The molecule has 32 heavy (non-hydrogen) atoms. The molecule has 0 fully saturated rings. The summed E-state index contributed by atoms with van der Waals surface area (Å²) in [7, 11) is 0. The summed E-state index contributed by atoms with van der Waals surface area (Å²) in [6, 6.07) is 20.6. The lowest BCUT2D eigenvalue weighted by Gasteiger charge is -2.08. The smallest absolute Gasteiger partial charge is 0.250 e. The maximum absolute atomic E-state index is 12.1. The van der Waals surface area contributed by atoms with E-state index >= 15 is 0 Å². The second-order valence-corrected chi connectivity index (χ2v) is 9.72. The number of amides is 1. The first-order valence-corrected chi connectivity index (χ1v) is 12.1. The third-order valence-electron chi connectivity index (χ3n) is 4.27. The zero-order chi connectivity index (χ0) is 22.3. The van der Waals surface area contributed by atoms with Crippen LogP contribution in [0.4, 0.5) is 0 Å². The number of ether oxygens (including phenoxy) is 1. The zero-order valence-electron chi connectivity index (χ0n) is 16.6. The standard InChI is InChI=1S/C23H17Cl2N3O2S2/c24-17-9-8-16(19(25)11-17)13-30-18-5-3-4-15(10-18)12-26-28-22(29)14-31-23-27-20-6-1-2-7-21(20)32-23/h1-12H,13-14H2,(H,28,29)/b26-12+. The number of thioether (sulfide) groups is 1. The van der Waals surface area contributed by atoms with E-state index in [-0.39, 0.29) is 11.7 Å². The Hall–Kier alpha value is -2.58. The van der Waals surface area contributed by atoms with Gasteiger partial charge in [0.15, 0.2) is 4.34 Å². The van der Waals surface area contributed by atoms with Crippen molar-refractivity contribution in [3.8, 4) is 5.75 Å². The molecular formula is C23H17Cl2N3O2S2. The number of thiazole rings is 1. The van der Waals surface area contributed by atoms with E-state index in [1.165, 1.54) is 11.8 Å². The van der Waals surface area contributed by atoms with Crippen LogP contribution in [0.1, 0.15) is 11.1 Å². The largest absolute Gasteiger partial charge is 0.489 e. The summed E-state index contributed by atoms with van der Waals surface area (Å²) in [4.78, 5) is 16.6. The van der Waals surface area contributed by atoms with E-state index in [0.717, 1.165) is 25.7 Å². The van der Waals surface area contributed by atoms with Crippen molar-refractivity contribution in [1.29, 1.82) is 0 Å². The van der Waals surface area contributed by atoms with Crippen LogP contribution in [0, 0.1) is 0 Å². The van der Waals surface area contributed by atoms with E-state index in [1.54, 1.807) is 29.7 Å². The molecule has 0 aliphatic heterocycles. The number of para-hydroxylation sites is 1. The molecule has 4 rings (SSSR count). The lowest BCUT2D eigenvalue weighted by atomic mass is 10.2. The van der Waals surface area contributed by atoms with Gasteiger partial charge >= 0.3 is 0 Å². The quantitative estimate of drug-likeness (QED) is 0.172. The van der Waals surface area contributed by atoms with Gasteiger partial charge in [-0.15, -0.1) is 11.3 Å². The Labute approximate surface area is 203 Å². The van der Waals surface area contributed by atoms with Crippen LogP contribution in [0.5, 0.6) is 5.75 Å². The van der Waals surface area contributed by atoms with Crippen LogP contribution in [0.15, 0.2) is 76.2 Å². The molecule has 3 aromatic carbocycles. The molecule has 0 saturated carbocycles. The highest BCUT2D eigenvalue weighted by Gasteiger charge is 2.07. The number of fused-ring (bicyclic) bond motifs is 1. The van der Waals surface area contributed by atoms with Crippen LogP contribution in [0.3, 0.4) is 0 Å². The van der Waals surface area contributed by atoms with Crippen molar-refractivity contribution in [2.75, 3.05) is 5.75 Å². The highest BCUT2D eigenvalue weighted by Crippen LogP contribution is 2.29. The molecule has 1 heterocycles. The van der Waals surface area contributed by atoms with Crippen molar-refractivity contribution in [2.24, 2.45) is 5.10 Å². The predicted molar refractivity (Wildman–Crippen MR) is 133 cm³/mol. The molecule has 0 saturated heterocycles. The molecule has 0 unspecified atom stereocenters. The first-order valence-electron chi connectivity index (χ1n) is 9.54. The van der Waals surface area contributed by atoms with Crippen molar-refractivity contribution >= 4 is 68.6 Å². The fourth-order valence-electron chi connectivity index (χ4n) is 2.74. The second kappa shape index (κ2) is 10.8. The van der Waals surface area contributed by atoms with E-state index in [9.17, 15) is 4.79 Å². The number of hydrazone groups is 1. The molecule has 0 bridgehead atoms. The lowest BCUT2D eigenvalue weighted by Crippen LogP contribution is -2.19. The van der Waals surface area contributed by atoms with E-state index in [0.29, 0.717) is 22.4 Å². The van der Waals surface area contributed by atoms with Gasteiger partial charge in [0.2, 0.25) is 0 Å². The van der Waals surface area contributed by atoms with Gasteiger partial charge in [-0.25, -0.2) is 10.4 Å². The summed E-state index contributed by atoms with van der Waals surface area (Å²) in [5.74, 6) is 0.704. The fourth-order valence-corrected chi connectivity index (χ4v) is 5.06. The topological polar surface area (TPSA) is 63.6 Å². The molecule has 1 amide bonds. The van der Waals surface area contributed by atoms with Crippen molar-refractivity contribution in [1.82, 2.24) is 10.4 Å². The van der Waals surface area contributed by atoms with Crippen molar-refractivity contribution in [3.05, 3.63) is 87.9 Å². The molecule has 4 aromatic rings. The minimum atomic E-state index is -0.199. The van der Waals surface area contributed by atoms with E-state index in [4.69, 9.17) is 27.9 Å². The number of hydrogen-bond acceptors (Lipinski definition) is 6. The molecule has 0 atom stereocenters. The Balaban J connectivity index is 1.27. The number of hydrogen-bond donors (Lipinski definition) is 1. The average molecular weight is 502 g/mol. The SMILES string of the molecule is O=C(CSc1nc2ccccc2s1)N/N=C/c1cccc(OCc2ccc(Cl)cc2Cl)c1. The number of nitrogens with zero attached hydrogens (tertiary/aromatic N) is 2. The summed E-state index contributed by atoms with van der Waals surface area (Å²) in [5.41, 5.74) is 5.12. The van der Waals surface area contributed by atoms with Crippen LogP contribution < -0.4 is 10.2 Å². The molecule has 5 nitrogen and oxygen atoms in total. The first kappa shape index (κ1) is 22.6. The minimum absolute atomic E-state index is 0.199. The Morgan fingerprint density at radius 1 is 1.12 bits per heavy atom. The van der Waals surface area contributed by atoms with E-state index in [2.05, 4.69) is 15.5 Å². The van der Waals surface area contributed by atoms with Gasteiger partial charge in [-0.05, 0) is 42.0 Å². The van der Waals surface area contributed by atoms with Crippen molar-refractivity contribution in [3.63, 3.8) is 0 Å². The summed E-state index contributed by atoms with van der Waals surface area (Å²) < 4.78 is 7.77. The normalized spacial score (nSPS) is 11.2. The number of aromatic nitrogens is 1. The third-order valence-corrected chi connectivity index (χ3v) is 7.04. The molecule has 1 aromatic heterocycles. The highest BCUT2D eigenvalue weighted by molar-refractivity contribution is 8.01. The zero-order valence-corrected chi connectivity index (χ0v) is 19.8. The summed E-state index contributed by atoms with van der Waals surface area (Å²) in [5, 5.41) is 5.17. The summed E-state index contributed by atoms with van der Waals surface area (Å²) in [6.07, 6.45) is 1.57. The van der Waals surface area contributed by atoms with Crippen LogP contribution in [0.25, 0.3) is 10.2 Å². The monoisotopic (exact) mass is 501 g/mol. The van der Waals surface area contributed by atoms with Gasteiger partial charge < -0.3 is 4.74 Å². The van der Waals surface area contributed by atoms with Crippen molar-refractivity contribution < 1.29 is 9.53 Å². The molecule has 0 aliphatic carbocycles. The highest BCUT2D eigenvalue weighted by atomic mass is 35.5. The van der Waals surface area contributed by atoms with Gasteiger partial charge in [-0.2, -0.15) is 5.10 Å². The summed E-state index contributed by atoms with van der Waals surface area (Å²) >= 11 is 15.1. The molecule has 0 radical (unpaired) electrons. The van der Waals surface area contributed by atoms with E-state index in [1.807, 2.05) is 54.6 Å². The van der Waals surface area contributed by atoms with Crippen LogP contribution >= 0.6 is 46.3 Å². The number of nitrogens with one attached hydrogen (secondary N) is 1. The summed E-state index contributed by atoms with van der Waals surface area (Å²) in [6.45, 7) is 0.316. The third kappa shape index (κ3) is 6.23. The van der Waals surface area contributed by atoms with Crippen LogP contribution in [-0.4, -0.2) is 22.9 Å². The van der Waals surface area contributed by atoms with E-state index < -0.39 is 0 Å². The van der Waals surface area contributed by atoms with Gasteiger partial charge in [0.05, 0.1) is 22.2 Å².